The van der Waals surface area contributed by atoms with Gasteiger partial charge < -0.3 is 238 Å². The summed E-state index contributed by atoms with van der Waals surface area (Å²) in [5, 5.41) is 28.0. The van der Waals surface area contributed by atoms with Crippen molar-refractivity contribution in [2.24, 2.45) is 86.6 Å². The maximum absolute atomic E-state index is 10.7. The summed E-state index contributed by atoms with van der Waals surface area (Å²) >= 11 is 0. The van der Waals surface area contributed by atoms with Gasteiger partial charge in [-0.05, 0) is 86.6 Å². The van der Waals surface area contributed by atoms with Crippen LogP contribution in [0.2, 0.25) is 0 Å². The van der Waals surface area contributed by atoms with Crippen LogP contribution in [0.25, 0.3) is 0 Å². The summed E-state index contributed by atoms with van der Waals surface area (Å²) in [5.41, 5.74) is -12.0. The van der Waals surface area contributed by atoms with E-state index < -0.39 is 31.3 Å². The van der Waals surface area contributed by atoms with E-state index in [0.29, 0.717) is 0 Å². The molecule has 0 atom stereocenters. The predicted octanol–water partition coefficient (Wildman–Crippen LogP) is 22.6. The van der Waals surface area contributed by atoms with E-state index in [1.54, 1.807) is 0 Å². The van der Waals surface area contributed by atoms with Gasteiger partial charge in [-0.2, -0.15) is 26.3 Å². The summed E-state index contributed by atoms with van der Waals surface area (Å²) < 4.78 is 118. The van der Waals surface area contributed by atoms with Crippen LogP contribution in [0.15, 0.2) is 0 Å². The minimum Gasteiger partial charge on any atom is -0.741 e. The Morgan fingerprint density at radius 1 is 0.150 bits per heavy atom. The van der Waals surface area contributed by atoms with Gasteiger partial charge in [0.05, 0.1) is 0 Å². The monoisotopic (exact) mass is 2890 g/mol. The minimum absolute atomic E-state index is 0. The number of alkyl halides is 6. The van der Waals surface area contributed by atoms with Gasteiger partial charge in [0.25, 0.3) is 0 Å². The largest absolute Gasteiger partial charge is 1.00 e. The maximum atomic E-state index is 10.7. The van der Waals surface area contributed by atoms with Crippen LogP contribution in [-0.4, -0.2) is 85.8 Å². The molecule has 0 unspecified atom stereocenters. The van der Waals surface area contributed by atoms with E-state index in [0.717, 1.165) is 28.4 Å². The molecule has 140 heavy (non-hydrogen) atoms. The van der Waals surface area contributed by atoms with Gasteiger partial charge in [-0.25, -0.2) is 16.8 Å². The van der Waals surface area contributed by atoms with Crippen molar-refractivity contribution in [3.05, 3.63) is 103 Å². The Morgan fingerprint density at radius 2 is 0.164 bits per heavy atom. The smallest absolute Gasteiger partial charge is 0.741 e. The van der Waals surface area contributed by atoms with Crippen LogP contribution in [0.3, 0.4) is 0 Å². The molecular formula is C102H166Cu18F6O12S2+2. The van der Waals surface area contributed by atoms with Gasteiger partial charge in [0.1, 0.15) is 0 Å². The van der Waals surface area contributed by atoms with E-state index in [4.69, 9.17) is 149 Å². The van der Waals surface area contributed by atoms with E-state index in [9.17, 15) is 26.3 Å². The van der Waals surface area contributed by atoms with Gasteiger partial charge in [0.15, 0.2) is 20.2 Å². The van der Waals surface area contributed by atoms with E-state index in [1.165, 1.54) is 0 Å². The molecule has 0 saturated heterocycles. The molecule has 896 valence electrons. The van der Waals surface area contributed by atoms with Crippen LogP contribution in [-0.2, 0) is 338 Å². The molecule has 12 nitrogen and oxygen atoms in total. The molecule has 0 fully saturated rings. The molecular weight excluding hydrogens is 2740 g/mol. The van der Waals surface area contributed by atoms with Crippen molar-refractivity contribution in [2.75, 3.05) is 28.4 Å². The van der Waals surface area contributed by atoms with Gasteiger partial charge in [-0.3, -0.25) is 0 Å². The summed E-state index contributed by atoms with van der Waals surface area (Å²) in [7, 11) is -8.18. The maximum Gasteiger partial charge on any atom is 1.00 e. The second kappa shape index (κ2) is 145. The van der Waals surface area contributed by atoms with Crippen LogP contribution in [0.5, 0.6) is 0 Å². The number of halogens is 6. The van der Waals surface area contributed by atoms with Gasteiger partial charge in [-0.15, -0.1) is 0 Å². The normalized spacial score (nSPS) is 8.86. The van der Waals surface area contributed by atoms with E-state index in [2.05, 4.69) is 94.7 Å². The molecule has 0 aromatic rings. The molecule has 10 N–H and O–H groups in total. The van der Waals surface area contributed by atoms with E-state index in [-0.39, 0.29) is 405 Å². The van der Waals surface area contributed by atoms with Gasteiger partial charge >= 0.3 is 318 Å². The Balaban J connectivity index is -0.0000000179. The molecule has 0 aliphatic carbocycles. The SMILES string of the molecule is CO.CO.CO.CO.O=S(=O)([O-])C(F)(F)F.O=S(=O)([O-])C(F)(F)F.[C-]#CC(C)(C)C.[C-]#CC(C)(C)C.[C-]#CC(C)(C)C.[C-]#CC(C)(C)C.[C-]#CC(C)(C)C.[C-]#CC(C)(C)C.[C-]#CC(C)(C)C.[C-]#CC(C)(C)C.[C-]#CC(C)(C)C.[C-]#CC(C)(C)C.[C-]#CC(C)(C)C.[C-]#CC(C)(C)C.[C-]#CC(C)(C)C.[C-]#CC(C)(C)C.[C-]#CC(C)(C)C.[C-]#CC(C)(C)C.[Cu+].[Cu+].[Cu+].[Cu+].[Cu+].[Cu+].[Cu+].[Cu+].[Cu+].[Cu+].[Cu+].[Cu+].[Cu+].[Cu+].[Cu+].[Cu+].[Cu+].[Cu+].[OH3+].[OH3+]. The molecule has 0 radical (unpaired) electrons. The molecule has 0 aliphatic heterocycles. The van der Waals surface area contributed by atoms with Crippen molar-refractivity contribution in [2.45, 2.75) is 343 Å². The zero-order valence-electron chi connectivity index (χ0n) is 90.9. The summed E-state index contributed by atoms with van der Waals surface area (Å²) in [6.45, 7) is 93.3. The standard InChI is InChI=1S/16C6H9.2CHF3O3S.4CH4O.18Cu.2H2O/c16*1-5-6(2,3)4;2*2-1(3,4)8(5,6)7;4*1-2;;;;;;;;;;;;;;;;;;;;/h16*2-4H3;2*(H,5,6,7);4*2H,1H3;;;;;;;;;;;;;;;;;;;2*1H2/q16*-1;;;;;;;18*+1;;. The Bertz CT molecular complexity index is 2680. The van der Waals surface area contributed by atoms with Crippen molar-refractivity contribution in [1.82, 2.24) is 0 Å². The molecule has 0 aromatic carbocycles. The minimum atomic E-state index is -6.09. The summed E-state index contributed by atoms with van der Waals surface area (Å²) in [5.74, 6) is 37.7. The predicted molar refractivity (Wildman–Crippen MR) is 499 cm³/mol. The van der Waals surface area contributed by atoms with Crippen molar-refractivity contribution in [3.8, 4) is 94.7 Å². The zero-order valence-corrected chi connectivity index (χ0v) is 109. The van der Waals surface area contributed by atoms with Gasteiger partial charge in [0, 0.05) is 28.4 Å². The molecule has 0 spiro atoms. The van der Waals surface area contributed by atoms with Crippen molar-refractivity contribution in [3.63, 3.8) is 0 Å². The third kappa shape index (κ3) is 587. The number of aliphatic hydroxyl groups is 4. The van der Waals surface area contributed by atoms with Gasteiger partial charge in [0.2, 0.25) is 0 Å². The first-order chi connectivity index (χ1) is 51.5. The Hall–Kier alpha value is 1.47. The van der Waals surface area contributed by atoms with Crippen molar-refractivity contribution in [1.29, 1.82) is 0 Å². The zero-order chi connectivity index (χ0) is 105. The van der Waals surface area contributed by atoms with Gasteiger partial charge in [-0.1, -0.05) is 332 Å². The Kier molecular flexibility index (Phi) is 291. The topological polar surface area (TPSA) is 261 Å². The number of aliphatic hydroxyl groups excluding tert-OH is 4. The Morgan fingerprint density at radius 3 is 0.164 bits per heavy atom. The second-order valence-corrected chi connectivity index (χ2v) is 42.5. The van der Waals surface area contributed by atoms with Crippen LogP contribution in [0, 0.1) is 284 Å². The first-order valence-corrected chi connectivity index (χ1v) is 39.1. The molecule has 0 aliphatic rings. The van der Waals surface area contributed by atoms with E-state index in [1.807, 2.05) is 332 Å². The summed E-state index contributed by atoms with van der Waals surface area (Å²) in [4.78, 5) is 0. The summed E-state index contributed by atoms with van der Waals surface area (Å²) in [6, 6.07) is 0. The van der Waals surface area contributed by atoms with Crippen LogP contribution in [0.1, 0.15) is 332 Å². The third-order valence-electron chi connectivity index (χ3n) is 6.57. The molecule has 0 bridgehead atoms. The quantitative estimate of drug-likeness (QED) is 0.0339. The molecule has 38 heteroatoms. The first kappa shape index (κ1) is 282. The fourth-order valence-corrected chi connectivity index (χ4v) is 0. The molecule has 0 saturated carbocycles. The average Bonchev–Trinajstić information content (AvgIpc) is 0.875. The Labute approximate surface area is 1050 Å². The fraction of sp³-hybridized carbons (Fsp3) is 0.686. The number of hydrogen-bond acceptors (Lipinski definition) is 10. The number of rotatable bonds is 0. The van der Waals surface area contributed by atoms with Crippen molar-refractivity contribution >= 4 is 20.2 Å². The van der Waals surface area contributed by atoms with E-state index >= 15 is 0 Å². The molecule has 0 heterocycles. The summed E-state index contributed by atoms with van der Waals surface area (Å²) in [6.07, 6.45) is 106. The number of hydrogen-bond donors (Lipinski definition) is 4. The molecule has 0 amide bonds. The first-order valence-electron chi connectivity index (χ1n) is 36.3. The van der Waals surface area contributed by atoms with Crippen LogP contribution < -0.4 is 0 Å². The third-order valence-corrected chi connectivity index (χ3v) is 7.70. The molecule has 0 rings (SSSR count). The average molecular weight is 2910 g/mol. The van der Waals surface area contributed by atoms with Crippen molar-refractivity contribution < 1.29 is 391 Å². The second-order valence-electron chi connectivity index (χ2n) is 39.8. The molecule has 0 aromatic heterocycles. The fourth-order valence-electron chi connectivity index (χ4n) is 0. The van der Waals surface area contributed by atoms with Crippen LogP contribution in [0.4, 0.5) is 26.3 Å². The van der Waals surface area contributed by atoms with Crippen LogP contribution >= 0.6 is 0 Å².